The van der Waals surface area contributed by atoms with Gasteiger partial charge in [0.15, 0.2) is 0 Å². The molecule has 0 atom stereocenters. The third kappa shape index (κ3) is 3.17. The molecule has 0 amide bonds. The molecular formula is C19H38N2+2. The highest BCUT2D eigenvalue weighted by Gasteiger charge is 2.43. The largest absolute Gasteiger partial charge is 0.324 e. The maximum atomic E-state index is 2.56. The monoisotopic (exact) mass is 294 g/mol. The van der Waals surface area contributed by atoms with Crippen molar-refractivity contribution in [3.8, 4) is 0 Å². The van der Waals surface area contributed by atoms with Crippen molar-refractivity contribution in [2.45, 2.75) is 83.2 Å². The summed E-state index contributed by atoms with van der Waals surface area (Å²) in [6.07, 6.45) is 15.0. The van der Waals surface area contributed by atoms with E-state index >= 15 is 0 Å². The van der Waals surface area contributed by atoms with Crippen molar-refractivity contribution < 1.29 is 8.97 Å². The summed E-state index contributed by atoms with van der Waals surface area (Å²) in [5.74, 6) is 0. The van der Waals surface area contributed by atoms with Crippen molar-refractivity contribution in [1.29, 1.82) is 0 Å². The van der Waals surface area contributed by atoms with Crippen LogP contribution < -0.4 is 0 Å². The number of rotatable bonds is 3. The van der Waals surface area contributed by atoms with Crippen LogP contribution in [-0.2, 0) is 0 Å². The van der Waals surface area contributed by atoms with Gasteiger partial charge in [-0.25, -0.2) is 0 Å². The highest BCUT2D eigenvalue weighted by Crippen LogP contribution is 2.36. The highest BCUT2D eigenvalue weighted by molar-refractivity contribution is 4.77. The van der Waals surface area contributed by atoms with Gasteiger partial charge in [-0.15, -0.1) is 0 Å². The smallest absolute Gasteiger partial charge is 0.0894 e. The first kappa shape index (κ1) is 15.8. The molecule has 0 N–H and O–H groups in total. The lowest BCUT2D eigenvalue weighted by Crippen LogP contribution is -2.62. The highest BCUT2D eigenvalue weighted by atomic mass is 15.4. The standard InChI is InChI=1S/C19H38N2/c1-3-21(16-8-5-9-17-21)19-12-10-18(11-13-19)20(2)14-6-4-7-15-20/h18-19H,3-17H2,1-2H3/q+2. The molecule has 0 aromatic rings. The van der Waals surface area contributed by atoms with Crippen LogP contribution in [0.2, 0.25) is 0 Å². The van der Waals surface area contributed by atoms with Gasteiger partial charge in [0.1, 0.15) is 0 Å². The number of piperidine rings is 2. The summed E-state index contributed by atoms with van der Waals surface area (Å²) in [4.78, 5) is 0. The molecule has 2 heteroatoms. The van der Waals surface area contributed by atoms with Crippen molar-refractivity contribution in [3.63, 3.8) is 0 Å². The van der Waals surface area contributed by atoms with E-state index in [-0.39, 0.29) is 0 Å². The van der Waals surface area contributed by atoms with Crippen molar-refractivity contribution >= 4 is 0 Å². The molecule has 3 rings (SSSR count). The Bertz CT molecular complexity index is 318. The topological polar surface area (TPSA) is 0 Å². The Kier molecular flexibility index (Phi) is 4.95. The van der Waals surface area contributed by atoms with Crippen LogP contribution in [0.25, 0.3) is 0 Å². The molecule has 1 aliphatic carbocycles. The fraction of sp³-hybridized carbons (Fsp3) is 1.00. The van der Waals surface area contributed by atoms with Crippen LogP contribution in [0, 0.1) is 0 Å². The number of hydrogen-bond donors (Lipinski definition) is 0. The van der Waals surface area contributed by atoms with Crippen molar-refractivity contribution in [2.24, 2.45) is 0 Å². The second-order valence-corrected chi connectivity index (χ2v) is 8.49. The van der Waals surface area contributed by atoms with E-state index in [2.05, 4.69) is 14.0 Å². The van der Waals surface area contributed by atoms with E-state index in [1.807, 2.05) is 0 Å². The Balaban J connectivity index is 1.59. The molecule has 3 fully saturated rings. The minimum Gasteiger partial charge on any atom is -0.324 e. The van der Waals surface area contributed by atoms with Crippen LogP contribution >= 0.6 is 0 Å². The zero-order valence-corrected chi connectivity index (χ0v) is 14.7. The third-order valence-corrected chi connectivity index (χ3v) is 7.50. The van der Waals surface area contributed by atoms with E-state index in [4.69, 9.17) is 0 Å². The van der Waals surface area contributed by atoms with Crippen LogP contribution in [0.3, 0.4) is 0 Å². The van der Waals surface area contributed by atoms with Gasteiger partial charge in [0.25, 0.3) is 0 Å². The average molecular weight is 295 g/mol. The minimum absolute atomic E-state index is 0.989. The van der Waals surface area contributed by atoms with Gasteiger partial charge in [0.05, 0.1) is 51.9 Å². The van der Waals surface area contributed by atoms with Gasteiger partial charge in [-0.1, -0.05) is 0 Å². The Hall–Kier alpha value is -0.0800. The summed E-state index contributed by atoms with van der Waals surface area (Å²) in [7, 11) is 2.56. The SMILES string of the molecule is CC[N+]1(C2CCC([N+]3(C)CCCCC3)CC2)CCCCC1. The number of nitrogens with zero attached hydrogens (tertiary/aromatic N) is 2. The first-order chi connectivity index (χ1) is 10.2. The third-order valence-electron chi connectivity index (χ3n) is 7.50. The van der Waals surface area contributed by atoms with Gasteiger partial charge in [-0.3, -0.25) is 0 Å². The lowest BCUT2D eigenvalue weighted by atomic mass is 9.84. The Morgan fingerprint density at radius 3 is 1.67 bits per heavy atom. The first-order valence-electron chi connectivity index (χ1n) is 9.88. The minimum atomic E-state index is 0.989. The van der Waals surface area contributed by atoms with E-state index < -0.39 is 0 Å². The zero-order valence-electron chi connectivity index (χ0n) is 14.7. The second kappa shape index (κ2) is 6.58. The van der Waals surface area contributed by atoms with E-state index in [1.165, 1.54) is 106 Å². The zero-order chi connectivity index (χ0) is 14.8. The van der Waals surface area contributed by atoms with Crippen molar-refractivity contribution in [1.82, 2.24) is 0 Å². The maximum absolute atomic E-state index is 2.56. The van der Waals surface area contributed by atoms with E-state index in [1.54, 1.807) is 0 Å². The Morgan fingerprint density at radius 2 is 1.14 bits per heavy atom. The molecule has 0 unspecified atom stereocenters. The summed E-state index contributed by atoms with van der Waals surface area (Å²) in [5.41, 5.74) is 0. The maximum Gasteiger partial charge on any atom is 0.0894 e. The summed E-state index contributed by atoms with van der Waals surface area (Å²) < 4.78 is 2.90. The molecule has 2 heterocycles. The molecule has 3 aliphatic rings. The van der Waals surface area contributed by atoms with Gasteiger partial charge in [0.2, 0.25) is 0 Å². The van der Waals surface area contributed by atoms with Crippen molar-refractivity contribution in [3.05, 3.63) is 0 Å². The predicted molar refractivity (Wildman–Crippen MR) is 90.2 cm³/mol. The fourth-order valence-electron chi connectivity index (χ4n) is 5.91. The molecule has 2 saturated heterocycles. The summed E-state index contributed by atoms with van der Waals surface area (Å²) in [6, 6.07) is 1.99. The summed E-state index contributed by atoms with van der Waals surface area (Å²) >= 11 is 0. The fourth-order valence-corrected chi connectivity index (χ4v) is 5.91. The quantitative estimate of drug-likeness (QED) is 0.691. The number of quaternary nitrogens is 2. The molecule has 0 spiro atoms. The molecule has 0 aromatic carbocycles. The van der Waals surface area contributed by atoms with Crippen LogP contribution in [0.1, 0.15) is 71.1 Å². The molecule has 0 aromatic heterocycles. The second-order valence-electron chi connectivity index (χ2n) is 8.49. The molecular weight excluding hydrogens is 256 g/mol. The summed E-state index contributed by atoms with van der Waals surface area (Å²) in [5, 5.41) is 0. The molecule has 2 aliphatic heterocycles. The Labute approximate surface area is 132 Å². The van der Waals surface area contributed by atoms with E-state index in [0.29, 0.717) is 0 Å². The lowest BCUT2D eigenvalue weighted by Gasteiger charge is -2.52. The number of likely N-dealkylation sites (tertiary alicyclic amines) is 2. The normalized spacial score (nSPS) is 36.3. The molecule has 0 radical (unpaired) electrons. The average Bonchev–Trinajstić information content (AvgIpc) is 2.56. The van der Waals surface area contributed by atoms with E-state index in [0.717, 1.165) is 12.1 Å². The molecule has 21 heavy (non-hydrogen) atoms. The molecule has 122 valence electrons. The van der Waals surface area contributed by atoms with Gasteiger partial charge in [0, 0.05) is 25.7 Å². The van der Waals surface area contributed by atoms with Gasteiger partial charge < -0.3 is 8.97 Å². The summed E-state index contributed by atoms with van der Waals surface area (Å²) in [6.45, 7) is 9.74. The number of hydrogen-bond acceptors (Lipinski definition) is 0. The van der Waals surface area contributed by atoms with Gasteiger partial charge >= 0.3 is 0 Å². The lowest BCUT2D eigenvalue weighted by molar-refractivity contribution is -0.962. The van der Waals surface area contributed by atoms with Crippen LogP contribution in [0.4, 0.5) is 0 Å². The Morgan fingerprint density at radius 1 is 0.667 bits per heavy atom. The van der Waals surface area contributed by atoms with E-state index in [9.17, 15) is 0 Å². The van der Waals surface area contributed by atoms with Crippen molar-refractivity contribution in [2.75, 3.05) is 39.8 Å². The van der Waals surface area contributed by atoms with Crippen LogP contribution in [0.15, 0.2) is 0 Å². The van der Waals surface area contributed by atoms with Crippen LogP contribution in [0.5, 0.6) is 0 Å². The van der Waals surface area contributed by atoms with Gasteiger partial charge in [-0.05, 0) is 45.4 Å². The van der Waals surface area contributed by atoms with Crippen LogP contribution in [-0.4, -0.2) is 60.8 Å². The molecule has 2 nitrogen and oxygen atoms in total. The first-order valence-corrected chi connectivity index (χ1v) is 9.88. The van der Waals surface area contributed by atoms with Gasteiger partial charge in [-0.2, -0.15) is 0 Å². The predicted octanol–water partition coefficient (Wildman–Crippen LogP) is 3.95. The molecule has 1 saturated carbocycles. The molecule has 0 bridgehead atoms.